The smallest absolute Gasteiger partial charge is 0.256 e. The van der Waals surface area contributed by atoms with Crippen molar-refractivity contribution in [1.82, 2.24) is 19.8 Å². The van der Waals surface area contributed by atoms with Crippen molar-refractivity contribution in [1.29, 1.82) is 0 Å². The molecular formula is C14H22N4O2. The van der Waals surface area contributed by atoms with E-state index < -0.39 is 0 Å². The first-order valence-electron chi connectivity index (χ1n) is 7.04. The van der Waals surface area contributed by atoms with Crippen LogP contribution in [-0.2, 0) is 0 Å². The van der Waals surface area contributed by atoms with Gasteiger partial charge in [-0.1, -0.05) is 0 Å². The lowest BCUT2D eigenvalue weighted by atomic mass is 9.96. The minimum absolute atomic E-state index is 0.0246. The molecule has 0 aromatic carbocycles. The molecule has 1 N–H and O–H groups in total. The first-order valence-corrected chi connectivity index (χ1v) is 7.04. The topological polar surface area (TPSA) is 69.6 Å². The van der Waals surface area contributed by atoms with Gasteiger partial charge in [0, 0.05) is 32.5 Å². The predicted octanol–water partition coefficient (Wildman–Crippen LogP) is 0.253. The van der Waals surface area contributed by atoms with E-state index >= 15 is 0 Å². The summed E-state index contributed by atoms with van der Waals surface area (Å²) >= 11 is 0. The highest BCUT2D eigenvalue weighted by atomic mass is 16.3. The van der Waals surface area contributed by atoms with Crippen molar-refractivity contribution in [3.63, 3.8) is 0 Å². The van der Waals surface area contributed by atoms with Gasteiger partial charge in [-0.3, -0.25) is 4.79 Å². The largest absolute Gasteiger partial charge is 0.395 e. The van der Waals surface area contributed by atoms with E-state index in [9.17, 15) is 4.79 Å². The molecule has 0 unspecified atom stereocenters. The molecular weight excluding hydrogens is 256 g/mol. The predicted molar refractivity (Wildman–Crippen MR) is 75.2 cm³/mol. The average molecular weight is 278 g/mol. The van der Waals surface area contributed by atoms with Gasteiger partial charge in [-0.2, -0.15) is 0 Å². The Morgan fingerprint density at radius 3 is 2.65 bits per heavy atom. The first-order chi connectivity index (χ1) is 9.70. The van der Waals surface area contributed by atoms with E-state index in [0.717, 1.165) is 39.0 Å². The number of carbonyl (C=O) groups is 1. The lowest BCUT2D eigenvalue weighted by Gasteiger charge is -2.33. The third-order valence-electron chi connectivity index (χ3n) is 3.81. The van der Waals surface area contributed by atoms with Crippen LogP contribution < -0.4 is 0 Å². The highest BCUT2D eigenvalue weighted by molar-refractivity contribution is 5.93. The van der Waals surface area contributed by atoms with Crippen molar-refractivity contribution in [3.8, 4) is 0 Å². The summed E-state index contributed by atoms with van der Waals surface area (Å²) in [6.45, 7) is 3.74. The standard InChI is InChI=1S/C14H22N4O2/c1-17(14(20)13-8-15-11-16-9-13)10-12-2-4-18(5-3-12)6-7-19/h8-9,11-12,19H,2-7,10H2,1H3. The fourth-order valence-corrected chi connectivity index (χ4v) is 2.63. The van der Waals surface area contributed by atoms with E-state index in [4.69, 9.17) is 5.11 Å². The van der Waals surface area contributed by atoms with Gasteiger partial charge in [-0.15, -0.1) is 0 Å². The molecule has 0 atom stereocenters. The summed E-state index contributed by atoms with van der Waals surface area (Å²) in [7, 11) is 1.83. The molecule has 1 fully saturated rings. The molecule has 1 aliphatic heterocycles. The van der Waals surface area contributed by atoms with Crippen LogP contribution in [0.5, 0.6) is 0 Å². The van der Waals surface area contributed by atoms with Gasteiger partial charge in [0.15, 0.2) is 0 Å². The number of aliphatic hydroxyl groups is 1. The molecule has 110 valence electrons. The summed E-state index contributed by atoms with van der Waals surface area (Å²) in [4.78, 5) is 24.0. The van der Waals surface area contributed by atoms with E-state index in [0.29, 0.717) is 11.5 Å². The van der Waals surface area contributed by atoms with Gasteiger partial charge < -0.3 is 14.9 Å². The Balaban J connectivity index is 1.81. The highest BCUT2D eigenvalue weighted by Gasteiger charge is 2.22. The minimum Gasteiger partial charge on any atom is -0.395 e. The number of carbonyl (C=O) groups excluding carboxylic acids is 1. The van der Waals surface area contributed by atoms with Crippen LogP contribution in [0.2, 0.25) is 0 Å². The lowest BCUT2D eigenvalue weighted by molar-refractivity contribution is 0.0732. The van der Waals surface area contributed by atoms with Crippen molar-refractivity contribution in [2.45, 2.75) is 12.8 Å². The molecule has 1 aromatic heterocycles. The zero-order chi connectivity index (χ0) is 14.4. The molecule has 1 saturated heterocycles. The highest BCUT2D eigenvalue weighted by Crippen LogP contribution is 2.18. The fraction of sp³-hybridized carbons (Fsp3) is 0.643. The Hall–Kier alpha value is -1.53. The van der Waals surface area contributed by atoms with Crippen molar-refractivity contribution in [2.75, 3.05) is 39.8 Å². The summed E-state index contributed by atoms with van der Waals surface area (Å²) in [6, 6.07) is 0. The van der Waals surface area contributed by atoms with E-state index in [1.54, 1.807) is 17.3 Å². The molecule has 2 rings (SSSR count). The monoisotopic (exact) mass is 278 g/mol. The maximum absolute atomic E-state index is 12.2. The van der Waals surface area contributed by atoms with Gasteiger partial charge in [0.25, 0.3) is 5.91 Å². The number of nitrogens with zero attached hydrogens (tertiary/aromatic N) is 4. The number of β-amino-alcohol motifs (C(OH)–C–C–N with tert-alkyl or cyclic N) is 1. The molecule has 1 aromatic rings. The quantitative estimate of drug-likeness (QED) is 0.836. The Labute approximate surface area is 119 Å². The van der Waals surface area contributed by atoms with E-state index in [2.05, 4.69) is 14.9 Å². The zero-order valence-electron chi connectivity index (χ0n) is 11.9. The van der Waals surface area contributed by atoms with Crippen molar-refractivity contribution in [3.05, 3.63) is 24.3 Å². The van der Waals surface area contributed by atoms with Crippen LogP contribution in [0, 0.1) is 5.92 Å². The molecule has 20 heavy (non-hydrogen) atoms. The van der Waals surface area contributed by atoms with Gasteiger partial charge in [0.1, 0.15) is 6.33 Å². The first kappa shape index (κ1) is 14.9. The maximum Gasteiger partial charge on any atom is 0.256 e. The van der Waals surface area contributed by atoms with E-state index in [-0.39, 0.29) is 12.5 Å². The van der Waals surface area contributed by atoms with Crippen LogP contribution in [0.25, 0.3) is 0 Å². The number of piperidine rings is 1. The molecule has 0 radical (unpaired) electrons. The molecule has 2 heterocycles. The molecule has 1 aliphatic rings. The molecule has 0 aliphatic carbocycles. The van der Waals surface area contributed by atoms with E-state index in [1.165, 1.54) is 6.33 Å². The second kappa shape index (κ2) is 7.31. The van der Waals surface area contributed by atoms with Gasteiger partial charge in [0.2, 0.25) is 0 Å². The second-order valence-corrected chi connectivity index (χ2v) is 5.32. The molecule has 0 saturated carbocycles. The molecule has 0 bridgehead atoms. The zero-order valence-corrected chi connectivity index (χ0v) is 11.9. The summed E-state index contributed by atoms with van der Waals surface area (Å²) in [5.41, 5.74) is 0.535. The van der Waals surface area contributed by atoms with E-state index in [1.807, 2.05) is 7.05 Å². The molecule has 6 heteroatoms. The van der Waals surface area contributed by atoms with Crippen LogP contribution in [0.1, 0.15) is 23.2 Å². The van der Waals surface area contributed by atoms with Crippen LogP contribution in [0.15, 0.2) is 18.7 Å². The Kier molecular flexibility index (Phi) is 5.43. The SMILES string of the molecule is CN(CC1CCN(CCO)CC1)C(=O)c1cncnc1. The summed E-state index contributed by atoms with van der Waals surface area (Å²) in [6.07, 6.45) is 6.67. The average Bonchev–Trinajstić information content (AvgIpc) is 2.49. The summed E-state index contributed by atoms with van der Waals surface area (Å²) in [5, 5.41) is 8.92. The number of likely N-dealkylation sites (tertiary alicyclic amines) is 1. The normalized spacial score (nSPS) is 17.1. The molecule has 1 amide bonds. The van der Waals surface area contributed by atoms with Crippen LogP contribution >= 0.6 is 0 Å². The number of hydrogen-bond donors (Lipinski definition) is 1. The fourth-order valence-electron chi connectivity index (χ4n) is 2.63. The molecule has 6 nitrogen and oxygen atoms in total. The maximum atomic E-state index is 12.2. The van der Waals surface area contributed by atoms with Crippen LogP contribution in [-0.4, -0.2) is 70.6 Å². The Bertz CT molecular complexity index is 418. The van der Waals surface area contributed by atoms with Crippen LogP contribution in [0.4, 0.5) is 0 Å². The van der Waals surface area contributed by atoms with Gasteiger partial charge >= 0.3 is 0 Å². The summed E-state index contributed by atoms with van der Waals surface area (Å²) in [5.74, 6) is 0.506. The van der Waals surface area contributed by atoms with Crippen molar-refractivity contribution >= 4 is 5.91 Å². The lowest BCUT2D eigenvalue weighted by Crippen LogP contribution is -2.40. The second-order valence-electron chi connectivity index (χ2n) is 5.32. The third kappa shape index (κ3) is 3.98. The number of aromatic nitrogens is 2. The molecule has 0 spiro atoms. The van der Waals surface area contributed by atoms with Gasteiger partial charge in [0.05, 0.1) is 12.2 Å². The van der Waals surface area contributed by atoms with Crippen molar-refractivity contribution in [2.24, 2.45) is 5.92 Å². The number of rotatable bonds is 5. The number of hydrogen-bond acceptors (Lipinski definition) is 5. The minimum atomic E-state index is -0.0246. The Morgan fingerprint density at radius 1 is 1.40 bits per heavy atom. The van der Waals surface area contributed by atoms with Gasteiger partial charge in [-0.05, 0) is 31.8 Å². The third-order valence-corrected chi connectivity index (χ3v) is 3.81. The number of amides is 1. The van der Waals surface area contributed by atoms with Gasteiger partial charge in [-0.25, -0.2) is 9.97 Å². The van der Waals surface area contributed by atoms with Crippen LogP contribution in [0.3, 0.4) is 0 Å². The summed E-state index contributed by atoms with van der Waals surface area (Å²) < 4.78 is 0. The number of aliphatic hydroxyl groups excluding tert-OH is 1. The van der Waals surface area contributed by atoms with Crippen molar-refractivity contribution < 1.29 is 9.90 Å². The Morgan fingerprint density at radius 2 is 2.05 bits per heavy atom.